The molecule has 2 rings (SSSR count). The second-order valence-electron chi connectivity index (χ2n) is 6.73. The Morgan fingerprint density at radius 2 is 1.72 bits per heavy atom. The van der Waals surface area contributed by atoms with E-state index in [2.05, 4.69) is 47.6 Å². The Morgan fingerprint density at radius 1 is 1.16 bits per heavy atom. The Hall–Kier alpha value is -1.50. The number of esters is 1. The Bertz CT molecular complexity index is 505. The molecule has 0 fully saturated rings. The van der Waals surface area contributed by atoms with Crippen molar-refractivity contribution in [3.63, 3.8) is 0 Å². The molecule has 2 heterocycles. The maximum atomic E-state index is 10.9. The van der Waals surface area contributed by atoms with Crippen LogP contribution in [0.5, 0.6) is 0 Å². The van der Waals surface area contributed by atoms with E-state index in [0.29, 0.717) is 6.61 Å². The fraction of sp³-hybridized carbons (Fsp3) is 0.684. The van der Waals surface area contributed by atoms with E-state index in [1.807, 2.05) is 0 Å². The SMILES string of the molecule is CC(=O)OCCN1CCCN[C@@H](C)c2cccc(n2)[C@@H](C)NCCC1. The van der Waals surface area contributed by atoms with Crippen molar-refractivity contribution in [2.45, 2.75) is 45.7 Å². The fourth-order valence-corrected chi connectivity index (χ4v) is 3.06. The second-order valence-corrected chi connectivity index (χ2v) is 6.73. The van der Waals surface area contributed by atoms with Crippen LogP contribution >= 0.6 is 0 Å². The predicted molar refractivity (Wildman–Crippen MR) is 99.4 cm³/mol. The van der Waals surface area contributed by atoms with Crippen LogP contribution in [-0.4, -0.2) is 55.2 Å². The summed E-state index contributed by atoms with van der Waals surface area (Å²) in [6.45, 7) is 11.0. The van der Waals surface area contributed by atoms with Crippen molar-refractivity contribution in [3.8, 4) is 0 Å². The molecule has 1 aliphatic heterocycles. The summed E-state index contributed by atoms with van der Waals surface area (Å²) in [7, 11) is 0. The van der Waals surface area contributed by atoms with Crippen LogP contribution in [-0.2, 0) is 9.53 Å². The molecule has 2 bridgehead atoms. The van der Waals surface area contributed by atoms with Gasteiger partial charge in [-0.2, -0.15) is 0 Å². The van der Waals surface area contributed by atoms with E-state index >= 15 is 0 Å². The van der Waals surface area contributed by atoms with Crippen LogP contribution in [0.3, 0.4) is 0 Å². The highest BCUT2D eigenvalue weighted by Gasteiger charge is 2.13. The third-order valence-electron chi connectivity index (χ3n) is 4.60. The van der Waals surface area contributed by atoms with Crippen molar-refractivity contribution >= 4 is 5.97 Å². The highest BCUT2D eigenvalue weighted by atomic mass is 16.5. The van der Waals surface area contributed by atoms with Gasteiger partial charge in [-0.1, -0.05) is 6.07 Å². The summed E-state index contributed by atoms with van der Waals surface area (Å²) < 4.78 is 5.10. The van der Waals surface area contributed by atoms with Crippen LogP contribution in [0.2, 0.25) is 0 Å². The Labute approximate surface area is 151 Å². The van der Waals surface area contributed by atoms with E-state index in [9.17, 15) is 4.79 Å². The number of pyridine rings is 1. The van der Waals surface area contributed by atoms with Gasteiger partial charge in [-0.05, 0) is 65.0 Å². The van der Waals surface area contributed by atoms with Crippen LogP contribution in [0.15, 0.2) is 18.2 Å². The Kier molecular flexibility index (Phi) is 8.31. The first kappa shape index (κ1) is 19.8. The van der Waals surface area contributed by atoms with Crippen molar-refractivity contribution in [1.29, 1.82) is 0 Å². The molecule has 2 atom stereocenters. The molecule has 1 aliphatic rings. The molecule has 1 aromatic heterocycles. The summed E-state index contributed by atoms with van der Waals surface area (Å²) in [6.07, 6.45) is 2.13. The molecule has 6 heteroatoms. The zero-order chi connectivity index (χ0) is 18.1. The van der Waals surface area contributed by atoms with Crippen molar-refractivity contribution in [3.05, 3.63) is 29.6 Å². The van der Waals surface area contributed by atoms with Gasteiger partial charge in [0.2, 0.25) is 0 Å². The minimum Gasteiger partial charge on any atom is -0.465 e. The quantitative estimate of drug-likeness (QED) is 0.815. The first-order valence-electron chi connectivity index (χ1n) is 9.35. The lowest BCUT2D eigenvalue weighted by atomic mass is 10.1. The summed E-state index contributed by atoms with van der Waals surface area (Å²) in [6, 6.07) is 6.75. The van der Waals surface area contributed by atoms with Gasteiger partial charge in [0, 0.05) is 25.6 Å². The number of fused-ring (bicyclic) bond motifs is 2. The molecule has 6 nitrogen and oxygen atoms in total. The van der Waals surface area contributed by atoms with Gasteiger partial charge in [0.1, 0.15) is 6.61 Å². The molecule has 25 heavy (non-hydrogen) atoms. The maximum Gasteiger partial charge on any atom is 0.302 e. The van der Waals surface area contributed by atoms with E-state index in [-0.39, 0.29) is 18.1 Å². The van der Waals surface area contributed by atoms with Gasteiger partial charge in [0.25, 0.3) is 0 Å². The lowest BCUT2D eigenvalue weighted by molar-refractivity contribution is -0.141. The molecule has 1 aromatic rings. The maximum absolute atomic E-state index is 10.9. The number of aromatic nitrogens is 1. The smallest absolute Gasteiger partial charge is 0.302 e. The normalized spacial score (nSPS) is 23.6. The molecule has 0 saturated carbocycles. The van der Waals surface area contributed by atoms with Crippen molar-refractivity contribution in [1.82, 2.24) is 20.5 Å². The molecule has 2 N–H and O–H groups in total. The molecule has 0 amide bonds. The monoisotopic (exact) mass is 348 g/mol. The lowest BCUT2D eigenvalue weighted by Crippen LogP contribution is -2.34. The molecular weight excluding hydrogens is 316 g/mol. The number of carbonyl (C=O) groups excluding carboxylic acids is 1. The molecule has 0 spiro atoms. The molecule has 0 radical (unpaired) electrons. The van der Waals surface area contributed by atoms with Crippen molar-refractivity contribution < 1.29 is 9.53 Å². The number of ether oxygens (including phenoxy) is 1. The second kappa shape index (κ2) is 10.5. The van der Waals surface area contributed by atoms with Gasteiger partial charge in [-0.25, -0.2) is 0 Å². The van der Waals surface area contributed by atoms with Gasteiger partial charge in [0.05, 0.1) is 11.4 Å². The number of hydrogen-bond acceptors (Lipinski definition) is 6. The number of nitrogens with one attached hydrogen (secondary N) is 2. The third kappa shape index (κ3) is 7.10. The molecule has 0 aliphatic carbocycles. The Morgan fingerprint density at radius 3 is 2.24 bits per heavy atom. The van der Waals surface area contributed by atoms with Crippen LogP contribution in [0.25, 0.3) is 0 Å². The molecule has 0 unspecified atom stereocenters. The molecule has 0 aromatic carbocycles. The first-order chi connectivity index (χ1) is 12.1. The van der Waals surface area contributed by atoms with Gasteiger partial charge in [0.15, 0.2) is 0 Å². The van der Waals surface area contributed by atoms with E-state index in [1.165, 1.54) is 6.92 Å². The minimum atomic E-state index is -0.207. The number of carbonyl (C=O) groups is 1. The number of rotatable bonds is 3. The summed E-state index contributed by atoms with van der Waals surface area (Å²) in [5.74, 6) is -0.207. The van der Waals surface area contributed by atoms with Gasteiger partial charge in [-0.15, -0.1) is 0 Å². The first-order valence-corrected chi connectivity index (χ1v) is 9.35. The van der Waals surface area contributed by atoms with E-state index in [0.717, 1.165) is 57.0 Å². The summed E-state index contributed by atoms with van der Waals surface area (Å²) in [5, 5.41) is 7.12. The fourth-order valence-electron chi connectivity index (χ4n) is 3.06. The zero-order valence-corrected chi connectivity index (χ0v) is 15.8. The van der Waals surface area contributed by atoms with E-state index in [4.69, 9.17) is 9.72 Å². The third-order valence-corrected chi connectivity index (χ3v) is 4.60. The summed E-state index contributed by atoms with van der Waals surface area (Å²) in [5.41, 5.74) is 2.19. The van der Waals surface area contributed by atoms with Crippen LogP contribution in [0.1, 0.15) is 57.1 Å². The van der Waals surface area contributed by atoms with Gasteiger partial charge in [-0.3, -0.25) is 14.7 Å². The van der Waals surface area contributed by atoms with Crippen LogP contribution in [0.4, 0.5) is 0 Å². The summed E-state index contributed by atoms with van der Waals surface area (Å²) >= 11 is 0. The van der Waals surface area contributed by atoms with Gasteiger partial charge < -0.3 is 15.4 Å². The number of nitrogens with zero attached hydrogens (tertiary/aromatic N) is 2. The number of hydrogen-bond donors (Lipinski definition) is 2. The van der Waals surface area contributed by atoms with Crippen LogP contribution in [0, 0.1) is 0 Å². The zero-order valence-electron chi connectivity index (χ0n) is 15.8. The average molecular weight is 348 g/mol. The van der Waals surface area contributed by atoms with Crippen molar-refractivity contribution in [2.75, 3.05) is 39.3 Å². The van der Waals surface area contributed by atoms with Gasteiger partial charge >= 0.3 is 5.97 Å². The van der Waals surface area contributed by atoms with E-state index < -0.39 is 0 Å². The average Bonchev–Trinajstić information content (AvgIpc) is 2.60. The highest BCUT2D eigenvalue weighted by molar-refractivity contribution is 5.65. The van der Waals surface area contributed by atoms with Crippen molar-refractivity contribution in [2.24, 2.45) is 0 Å². The standard InChI is InChI=1S/C19H32N4O2/c1-15-18-7-4-8-19(22-18)16(2)21-10-6-12-23(11-5-9-20-15)13-14-25-17(3)24/h4,7-8,15-16,20-21H,5-6,9-14H2,1-3H3/t15-,16+. The molecular formula is C19H32N4O2. The Balaban J connectivity index is 1.94. The highest BCUT2D eigenvalue weighted by Crippen LogP contribution is 2.15. The lowest BCUT2D eigenvalue weighted by Gasteiger charge is -2.24. The largest absolute Gasteiger partial charge is 0.465 e. The topological polar surface area (TPSA) is 66.5 Å². The molecule has 140 valence electrons. The summed E-state index contributed by atoms with van der Waals surface area (Å²) in [4.78, 5) is 18.1. The van der Waals surface area contributed by atoms with Crippen LogP contribution < -0.4 is 10.6 Å². The predicted octanol–water partition coefficient (Wildman–Crippen LogP) is 2.04. The minimum absolute atomic E-state index is 0.207. The van der Waals surface area contributed by atoms with E-state index in [1.54, 1.807) is 0 Å². The molecule has 0 saturated heterocycles.